The van der Waals surface area contributed by atoms with Gasteiger partial charge < -0.3 is 9.84 Å². The minimum Gasteiger partial charge on any atom is -0.508 e. The van der Waals surface area contributed by atoms with Crippen LogP contribution in [-0.2, 0) is 0 Å². The number of nitrogens with zero attached hydrogens (tertiary/aromatic N) is 2. The molecule has 2 aromatic rings. The molecule has 0 spiro atoms. The van der Waals surface area contributed by atoms with Crippen molar-refractivity contribution < 1.29 is 9.84 Å². The lowest BCUT2D eigenvalue weighted by Crippen LogP contribution is -1.92. The zero-order valence-electron chi connectivity index (χ0n) is 8.21. The van der Waals surface area contributed by atoms with E-state index in [0.29, 0.717) is 11.6 Å². The van der Waals surface area contributed by atoms with Gasteiger partial charge in [-0.25, -0.2) is 0 Å². The molecule has 1 heterocycles. The number of phenols is 1. The number of rotatable bonds is 2. The van der Waals surface area contributed by atoms with Crippen molar-refractivity contribution in [2.24, 2.45) is 0 Å². The van der Waals surface area contributed by atoms with Crippen molar-refractivity contribution in [3.8, 4) is 17.4 Å². The summed E-state index contributed by atoms with van der Waals surface area (Å²) in [6.45, 7) is 1.89. The average molecular weight is 202 g/mol. The third kappa shape index (κ3) is 2.22. The molecule has 1 aromatic heterocycles. The van der Waals surface area contributed by atoms with Crippen molar-refractivity contribution in [2.45, 2.75) is 6.92 Å². The van der Waals surface area contributed by atoms with Crippen LogP contribution < -0.4 is 4.74 Å². The third-order valence-electron chi connectivity index (χ3n) is 1.93. The fourth-order valence-electron chi connectivity index (χ4n) is 1.11. The molecule has 76 valence electrons. The monoisotopic (exact) mass is 202 g/mol. The molecule has 0 saturated heterocycles. The first-order chi connectivity index (χ1) is 7.25. The zero-order chi connectivity index (χ0) is 10.7. The van der Waals surface area contributed by atoms with E-state index in [1.54, 1.807) is 30.5 Å². The molecule has 0 atom stereocenters. The zero-order valence-corrected chi connectivity index (χ0v) is 8.21. The van der Waals surface area contributed by atoms with Crippen LogP contribution in [0.2, 0.25) is 0 Å². The van der Waals surface area contributed by atoms with Crippen LogP contribution in [0.3, 0.4) is 0 Å². The van der Waals surface area contributed by atoms with Gasteiger partial charge >= 0.3 is 0 Å². The van der Waals surface area contributed by atoms with Crippen molar-refractivity contribution in [1.29, 1.82) is 0 Å². The molecule has 2 rings (SSSR count). The van der Waals surface area contributed by atoms with Crippen LogP contribution in [0.1, 0.15) is 5.56 Å². The Bertz CT molecular complexity index is 454. The molecule has 0 fully saturated rings. The van der Waals surface area contributed by atoms with Crippen LogP contribution in [0.4, 0.5) is 0 Å². The van der Waals surface area contributed by atoms with Gasteiger partial charge in [-0.2, -0.15) is 5.10 Å². The van der Waals surface area contributed by atoms with Gasteiger partial charge in [0, 0.05) is 5.56 Å². The molecule has 0 aliphatic heterocycles. The number of hydrogen-bond donors (Lipinski definition) is 1. The molecule has 0 saturated carbocycles. The van der Waals surface area contributed by atoms with Crippen molar-refractivity contribution in [3.63, 3.8) is 0 Å². The van der Waals surface area contributed by atoms with E-state index in [4.69, 9.17) is 9.84 Å². The highest BCUT2D eigenvalue weighted by Gasteiger charge is 2.02. The highest BCUT2D eigenvalue weighted by molar-refractivity contribution is 5.34. The molecule has 0 amide bonds. The predicted octanol–water partition coefficient (Wildman–Crippen LogP) is 2.28. The normalized spacial score (nSPS) is 9.93. The van der Waals surface area contributed by atoms with Crippen molar-refractivity contribution in [2.75, 3.05) is 0 Å². The lowest BCUT2D eigenvalue weighted by atomic mass is 10.3. The van der Waals surface area contributed by atoms with Gasteiger partial charge in [0.25, 0.3) is 0 Å². The number of aromatic hydroxyl groups is 1. The molecule has 0 radical (unpaired) electrons. The summed E-state index contributed by atoms with van der Waals surface area (Å²) in [4.78, 5) is 0. The SMILES string of the molecule is Cc1ccnnc1Oc1ccc(O)cc1. The van der Waals surface area contributed by atoms with E-state index in [1.807, 2.05) is 13.0 Å². The Morgan fingerprint density at radius 3 is 2.53 bits per heavy atom. The molecule has 0 bridgehead atoms. The molecule has 1 N–H and O–H groups in total. The summed E-state index contributed by atoms with van der Waals surface area (Å²) in [5.74, 6) is 1.30. The Labute approximate surface area is 87.2 Å². The minimum absolute atomic E-state index is 0.207. The second-order valence-corrected chi connectivity index (χ2v) is 3.12. The van der Waals surface area contributed by atoms with Crippen LogP contribution >= 0.6 is 0 Å². The van der Waals surface area contributed by atoms with Gasteiger partial charge in [0.15, 0.2) is 0 Å². The number of phenolic OH excluding ortho intramolecular Hbond substituents is 1. The fourth-order valence-corrected chi connectivity index (χ4v) is 1.11. The Balaban J connectivity index is 2.22. The molecular weight excluding hydrogens is 192 g/mol. The summed E-state index contributed by atoms with van der Waals surface area (Å²) in [7, 11) is 0. The maximum absolute atomic E-state index is 9.09. The number of ether oxygens (including phenoxy) is 1. The molecule has 4 heteroatoms. The summed E-state index contributed by atoms with van der Waals surface area (Å²) in [6, 6.07) is 8.28. The molecule has 1 aromatic carbocycles. The quantitative estimate of drug-likeness (QED) is 0.811. The number of hydrogen-bond acceptors (Lipinski definition) is 4. The van der Waals surface area contributed by atoms with Crippen molar-refractivity contribution in [3.05, 3.63) is 42.1 Å². The summed E-state index contributed by atoms with van der Waals surface area (Å²) in [5, 5.41) is 16.7. The van der Waals surface area contributed by atoms with E-state index in [1.165, 1.54) is 0 Å². The smallest absolute Gasteiger partial charge is 0.241 e. The summed E-state index contributed by atoms with van der Waals surface area (Å²) in [5.41, 5.74) is 0.915. The van der Waals surface area contributed by atoms with Crippen molar-refractivity contribution >= 4 is 0 Å². The lowest BCUT2D eigenvalue weighted by Gasteiger charge is -2.05. The predicted molar refractivity (Wildman–Crippen MR) is 54.9 cm³/mol. The van der Waals surface area contributed by atoms with E-state index < -0.39 is 0 Å². The lowest BCUT2D eigenvalue weighted by molar-refractivity contribution is 0.445. The molecule has 0 aliphatic carbocycles. The van der Waals surface area contributed by atoms with Gasteiger partial charge in [-0.3, -0.25) is 0 Å². The van der Waals surface area contributed by atoms with Crippen LogP contribution in [0, 0.1) is 6.92 Å². The second-order valence-electron chi connectivity index (χ2n) is 3.12. The maximum Gasteiger partial charge on any atom is 0.241 e. The van der Waals surface area contributed by atoms with E-state index in [0.717, 1.165) is 5.56 Å². The minimum atomic E-state index is 0.207. The van der Waals surface area contributed by atoms with E-state index in [2.05, 4.69) is 10.2 Å². The van der Waals surface area contributed by atoms with E-state index >= 15 is 0 Å². The highest BCUT2D eigenvalue weighted by Crippen LogP contribution is 2.23. The van der Waals surface area contributed by atoms with Crippen LogP contribution in [0.25, 0.3) is 0 Å². The first-order valence-corrected chi connectivity index (χ1v) is 4.51. The van der Waals surface area contributed by atoms with Gasteiger partial charge in [-0.05, 0) is 37.3 Å². The Hall–Kier alpha value is -2.10. The Morgan fingerprint density at radius 2 is 1.87 bits per heavy atom. The van der Waals surface area contributed by atoms with Gasteiger partial charge in [0.1, 0.15) is 11.5 Å². The number of benzene rings is 1. The van der Waals surface area contributed by atoms with Crippen LogP contribution in [0.5, 0.6) is 17.4 Å². The number of aryl methyl sites for hydroxylation is 1. The number of aromatic nitrogens is 2. The van der Waals surface area contributed by atoms with Gasteiger partial charge in [-0.1, -0.05) is 0 Å². The molecular formula is C11H10N2O2. The fraction of sp³-hybridized carbons (Fsp3) is 0.0909. The van der Waals surface area contributed by atoms with Gasteiger partial charge in [-0.15, -0.1) is 5.10 Å². The summed E-state index contributed by atoms with van der Waals surface area (Å²) in [6.07, 6.45) is 1.61. The summed E-state index contributed by atoms with van der Waals surface area (Å²) < 4.78 is 5.48. The molecule has 15 heavy (non-hydrogen) atoms. The molecule has 0 aliphatic rings. The third-order valence-corrected chi connectivity index (χ3v) is 1.93. The standard InChI is InChI=1S/C11H10N2O2/c1-8-6-7-12-13-11(8)15-10-4-2-9(14)3-5-10/h2-7,14H,1H3. The largest absolute Gasteiger partial charge is 0.508 e. The van der Waals surface area contributed by atoms with Crippen molar-refractivity contribution in [1.82, 2.24) is 10.2 Å². The topological polar surface area (TPSA) is 55.2 Å². The van der Waals surface area contributed by atoms with Crippen LogP contribution in [-0.4, -0.2) is 15.3 Å². The van der Waals surface area contributed by atoms with Gasteiger partial charge in [0.05, 0.1) is 6.20 Å². The van der Waals surface area contributed by atoms with E-state index in [-0.39, 0.29) is 5.75 Å². The highest BCUT2D eigenvalue weighted by atomic mass is 16.5. The average Bonchev–Trinajstić information content (AvgIpc) is 2.25. The maximum atomic E-state index is 9.09. The van der Waals surface area contributed by atoms with E-state index in [9.17, 15) is 0 Å². The van der Waals surface area contributed by atoms with Gasteiger partial charge in [0.2, 0.25) is 5.88 Å². The Kier molecular flexibility index (Phi) is 2.49. The molecule has 0 unspecified atom stereocenters. The van der Waals surface area contributed by atoms with Crippen LogP contribution in [0.15, 0.2) is 36.5 Å². The first kappa shape index (κ1) is 9.45. The first-order valence-electron chi connectivity index (χ1n) is 4.51. The Morgan fingerprint density at radius 1 is 1.13 bits per heavy atom. The summed E-state index contributed by atoms with van der Waals surface area (Å²) >= 11 is 0. The second kappa shape index (κ2) is 3.96. The molecule has 4 nitrogen and oxygen atoms in total.